The lowest BCUT2D eigenvalue weighted by molar-refractivity contribution is 0.832. The first-order valence-corrected chi connectivity index (χ1v) is 5.86. The van der Waals surface area contributed by atoms with Crippen molar-refractivity contribution < 1.29 is 0 Å². The lowest BCUT2D eigenvalue weighted by Gasteiger charge is -2.09. The van der Waals surface area contributed by atoms with E-state index in [2.05, 4.69) is 27.5 Å². The van der Waals surface area contributed by atoms with Gasteiger partial charge in [0.1, 0.15) is 0 Å². The summed E-state index contributed by atoms with van der Waals surface area (Å²) in [7, 11) is 1.77. The summed E-state index contributed by atoms with van der Waals surface area (Å²) >= 11 is 1.73. The van der Waals surface area contributed by atoms with E-state index in [-0.39, 0.29) is 24.0 Å². The van der Waals surface area contributed by atoms with Crippen molar-refractivity contribution in [3.8, 4) is 0 Å². The Kier molecular flexibility index (Phi) is 7.65. The second-order valence-corrected chi connectivity index (χ2v) is 4.49. The molecule has 0 saturated carbocycles. The number of aryl methyl sites for hydroxylation is 2. The van der Waals surface area contributed by atoms with Crippen LogP contribution in [0.4, 0.5) is 0 Å². The SMILES string of the molecule is CCNC(=NC)NCc1sc(C)nc1C.I. The average Bonchev–Trinajstić information content (AvgIpc) is 2.52. The predicted octanol–water partition coefficient (Wildman–Crippen LogP) is 2.06. The van der Waals surface area contributed by atoms with E-state index >= 15 is 0 Å². The first-order valence-electron chi connectivity index (χ1n) is 5.04. The van der Waals surface area contributed by atoms with Gasteiger partial charge < -0.3 is 10.6 Å². The van der Waals surface area contributed by atoms with E-state index in [0.29, 0.717) is 0 Å². The van der Waals surface area contributed by atoms with Gasteiger partial charge in [-0.05, 0) is 20.8 Å². The molecule has 0 spiro atoms. The molecule has 16 heavy (non-hydrogen) atoms. The number of halogens is 1. The molecule has 0 unspecified atom stereocenters. The normalized spacial score (nSPS) is 10.9. The molecule has 0 aliphatic carbocycles. The molecule has 4 nitrogen and oxygen atoms in total. The highest BCUT2D eigenvalue weighted by atomic mass is 127. The highest BCUT2D eigenvalue weighted by Gasteiger charge is 2.04. The Morgan fingerprint density at radius 1 is 1.38 bits per heavy atom. The number of aliphatic imine (C=N–C) groups is 1. The van der Waals surface area contributed by atoms with Crippen LogP contribution in [0.2, 0.25) is 0 Å². The molecule has 0 fully saturated rings. The van der Waals surface area contributed by atoms with E-state index in [9.17, 15) is 0 Å². The van der Waals surface area contributed by atoms with Crippen molar-refractivity contribution in [2.75, 3.05) is 13.6 Å². The molecular formula is C10H19IN4S. The van der Waals surface area contributed by atoms with Crippen LogP contribution in [0, 0.1) is 13.8 Å². The van der Waals surface area contributed by atoms with Gasteiger partial charge in [-0.15, -0.1) is 35.3 Å². The molecule has 0 aromatic carbocycles. The number of hydrogen-bond donors (Lipinski definition) is 2. The third-order valence-electron chi connectivity index (χ3n) is 1.98. The second kappa shape index (κ2) is 7.83. The summed E-state index contributed by atoms with van der Waals surface area (Å²) < 4.78 is 0. The van der Waals surface area contributed by atoms with Gasteiger partial charge >= 0.3 is 0 Å². The quantitative estimate of drug-likeness (QED) is 0.496. The maximum absolute atomic E-state index is 4.38. The number of nitrogens with one attached hydrogen (secondary N) is 2. The van der Waals surface area contributed by atoms with Gasteiger partial charge in [-0.25, -0.2) is 4.98 Å². The fraction of sp³-hybridized carbons (Fsp3) is 0.600. The Hall–Kier alpha value is -0.370. The van der Waals surface area contributed by atoms with E-state index in [0.717, 1.165) is 29.8 Å². The summed E-state index contributed by atoms with van der Waals surface area (Å²) in [6.45, 7) is 7.78. The summed E-state index contributed by atoms with van der Waals surface area (Å²) in [6.07, 6.45) is 0. The van der Waals surface area contributed by atoms with Crippen LogP contribution in [0.15, 0.2) is 4.99 Å². The van der Waals surface area contributed by atoms with Crippen LogP contribution in [0.1, 0.15) is 22.5 Å². The molecule has 1 aromatic rings. The van der Waals surface area contributed by atoms with Crippen LogP contribution in [0.25, 0.3) is 0 Å². The smallest absolute Gasteiger partial charge is 0.191 e. The fourth-order valence-electron chi connectivity index (χ4n) is 1.29. The minimum atomic E-state index is 0. The van der Waals surface area contributed by atoms with Gasteiger partial charge in [0, 0.05) is 18.5 Å². The summed E-state index contributed by atoms with van der Waals surface area (Å²) in [6, 6.07) is 0. The molecule has 0 amide bonds. The lowest BCUT2D eigenvalue weighted by atomic mass is 10.4. The number of rotatable bonds is 3. The molecule has 0 atom stereocenters. The maximum Gasteiger partial charge on any atom is 0.191 e. The van der Waals surface area contributed by atoms with Gasteiger partial charge in [0.15, 0.2) is 5.96 Å². The Bertz CT molecular complexity index is 349. The highest BCUT2D eigenvalue weighted by Crippen LogP contribution is 2.16. The molecule has 2 N–H and O–H groups in total. The number of thiazole rings is 1. The zero-order valence-corrected chi connectivity index (χ0v) is 13.3. The van der Waals surface area contributed by atoms with E-state index in [4.69, 9.17) is 0 Å². The predicted molar refractivity (Wildman–Crippen MR) is 80.9 cm³/mol. The molecule has 0 saturated heterocycles. The Balaban J connectivity index is 0.00000225. The number of nitrogens with zero attached hydrogens (tertiary/aromatic N) is 2. The van der Waals surface area contributed by atoms with Crippen molar-refractivity contribution in [1.29, 1.82) is 0 Å². The van der Waals surface area contributed by atoms with Crippen molar-refractivity contribution in [1.82, 2.24) is 15.6 Å². The standard InChI is InChI=1S/C10H18N4S.HI/c1-5-12-10(11-4)13-6-9-7(2)14-8(3)15-9;/h5-6H2,1-4H3,(H2,11,12,13);1H. The summed E-state index contributed by atoms with van der Waals surface area (Å²) in [5, 5.41) is 7.52. The van der Waals surface area contributed by atoms with Gasteiger partial charge in [-0.2, -0.15) is 0 Å². The molecule has 1 aromatic heterocycles. The van der Waals surface area contributed by atoms with Gasteiger partial charge in [-0.1, -0.05) is 0 Å². The van der Waals surface area contributed by atoms with E-state index in [1.807, 2.05) is 13.8 Å². The van der Waals surface area contributed by atoms with Gasteiger partial charge in [-0.3, -0.25) is 4.99 Å². The minimum absolute atomic E-state index is 0. The average molecular weight is 354 g/mol. The van der Waals surface area contributed by atoms with E-state index in [1.54, 1.807) is 18.4 Å². The second-order valence-electron chi connectivity index (χ2n) is 3.20. The fourth-order valence-corrected chi connectivity index (χ4v) is 2.17. The van der Waals surface area contributed by atoms with Gasteiger partial charge in [0.2, 0.25) is 0 Å². The Morgan fingerprint density at radius 3 is 2.50 bits per heavy atom. The molecule has 1 rings (SSSR count). The molecule has 6 heteroatoms. The molecule has 0 aliphatic heterocycles. The monoisotopic (exact) mass is 354 g/mol. The first kappa shape index (κ1) is 15.6. The number of guanidine groups is 1. The van der Waals surface area contributed by atoms with Crippen LogP contribution in [-0.2, 0) is 6.54 Å². The van der Waals surface area contributed by atoms with Crippen LogP contribution in [0.3, 0.4) is 0 Å². The van der Waals surface area contributed by atoms with Crippen molar-refractivity contribution in [2.24, 2.45) is 4.99 Å². The number of aromatic nitrogens is 1. The largest absolute Gasteiger partial charge is 0.357 e. The van der Waals surface area contributed by atoms with Crippen molar-refractivity contribution >= 4 is 41.3 Å². The van der Waals surface area contributed by atoms with Crippen molar-refractivity contribution in [3.63, 3.8) is 0 Å². The minimum Gasteiger partial charge on any atom is -0.357 e. The summed E-state index contributed by atoms with van der Waals surface area (Å²) in [4.78, 5) is 9.76. The molecule has 0 radical (unpaired) electrons. The van der Waals surface area contributed by atoms with Crippen LogP contribution >= 0.6 is 35.3 Å². The topological polar surface area (TPSA) is 49.3 Å². The third-order valence-corrected chi connectivity index (χ3v) is 3.06. The van der Waals surface area contributed by atoms with Gasteiger partial charge in [0.25, 0.3) is 0 Å². The number of hydrogen-bond acceptors (Lipinski definition) is 3. The zero-order chi connectivity index (χ0) is 11.3. The summed E-state index contributed by atoms with van der Waals surface area (Å²) in [5.41, 5.74) is 1.11. The molecule has 0 aliphatic rings. The van der Waals surface area contributed by atoms with E-state index < -0.39 is 0 Å². The van der Waals surface area contributed by atoms with Crippen LogP contribution in [0.5, 0.6) is 0 Å². The maximum atomic E-state index is 4.38. The molecule has 1 heterocycles. The van der Waals surface area contributed by atoms with Crippen molar-refractivity contribution in [2.45, 2.75) is 27.3 Å². The van der Waals surface area contributed by atoms with E-state index in [1.165, 1.54) is 4.88 Å². The zero-order valence-electron chi connectivity index (χ0n) is 10.1. The van der Waals surface area contributed by atoms with Gasteiger partial charge in [0.05, 0.1) is 17.2 Å². The van der Waals surface area contributed by atoms with Crippen LogP contribution in [-0.4, -0.2) is 24.5 Å². The lowest BCUT2D eigenvalue weighted by Crippen LogP contribution is -2.36. The molecular weight excluding hydrogens is 335 g/mol. The third kappa shape index (κ3) is 4.65. The Morgan fingerprint density at radius 2 is 2.06 bits per heavy atom. The van der Waals surface area contributed by atoms with Crippen LogP contribution < -0.4 is 10.6 Å². The molecule has 0 bridgehead atoms. The molecule has 92 valence electrons. The van der Waals surface area contributed by atoms with Crippen molar-refractivity contribution in [3.05, 3.63) is 15.6 Å². The summed E-state index contributed by atoms with van der Waals surface area (Å²) in [5.74, 6) is 0.836. The first-order chi connectivity index (χ1) is 7.17. The Labute approximate surface area is 118 Å². The highest BCUT2D eigenvalue weighted by molar-refractivity contribution is 14.0.